The summed E-state index contributed by atoms with van der Waals surface area (Å²) in [6, 6.07) is 5.87. The van der Waals surface area contributed by atoms with Crippen LogP contribution in [-0.4, -0.2) is 28.5 Å². The summed E-state index contributed by atoms with van der Waals surface area (Å²) in [5.41, 5.74) is -0.359. The van der Waals surface area contributed by atoms with Gasteiger partial charge in [-0.1, -0.05) is 0 Å². The van der Waals surface area contributed by atoms with Crippen molar-refractivity contribution in [1.29, 1.82) is 0 Å². The molecule has 0 aliphatic rings. The van der Waals surface area contributed by atoms with E-state index in [0.717, 1.165) is 0 Å². The zero-order valence-electron chi connectivity index (χ0n) is 11.6. The standard InChI is InChI=1S/C14H13F2N3O3/c1-19-7-3-5-10(14(19)21)18-12(20)9-4-2-6-17-13(9)22-8-11(15)16/h2-7,11H,8H2,1H3,(H,18,20). The molecule has 0 fully saturated rings. The molecule has 22 heavy (non-hydrogen) atoms. The van der Waals surface area contributed by atoms with Crippen molar-refractivity contribution in [2.75, 3.05) is 11.9 Å². The van der Waals surface area contributed by atoms with Gasteiger partial charge >= 0.3 is 0 Å². The predicted octanol–water partition coefficient (Wildman–Crippen LogP) is 1.68. The zero-order chi connectivity index (χ0) is 16.1. The van der Waals surface area contributed by atoms with Crippen LogP contribution in [0.2, 0.25) is 0 Å². The van der Waals surface area contributed by atoms with E-state index in [2.05, 4.69) is 10.3 Å². The Morgan fingerprint density at radius 2 is 2.18 bits per heavy atom. The van der Waals surface area contributed by atoms with Crippen LogP contribution in [0.25, 0.3) is 0 Å². The van der Waals surface area contributed by atoms with Crippen LogP contribution in [0.4, 0.5) is 14.5 Å². The maximum atomic E-state index is 12.2. The van der Waals surface area contributed by atoms with Crippen molar-refractivity contribution in [1.82, 2.24) is 9.55 Å². The molecule has 0 saturated heterocycles. The molecule has 0 aliphatic heterocycles. The van der Waals surface area contributed by atoms with Crippen LogP contribution < -0.4 is 15.6 Å². The molecular formula is C14H13F2N3O3. The minimum Gasteiger partial charge on any atom is -0.471 e. The maximum absolute atomic E-state index is 12.2. The number of alkyl halides is 2. The third-order valence-corrected chi connectivity index (χ3v) is 2.73. The lowest BCUT2D eigenvalue weighted by Crippen LogP contribution is -2.24. The average molecular weight is 309 g/mol. The molecule has 0 spiro atoms. The van der Waals surface area contributed by atoms with E-state index in [1.807, 2.05) is 0 Å². The van der Waals surface area contributed by atoms with Gasteiger partial charge in [0.05, 0.1) is 0 Å². The summed E-state index contributed by atoms with van der Waals surface area (Å²) in [7, 11) is 1.54. The van der Waals surface area contributed by atoms with Crippen LogP contribution in [0.15, 0.2) is 41.5 Å². The van der Waals surface area contributed by atoms with Gasteiger partial charge in [-0.05, 0) is 24.3 Å². The van der Waals surface area contributed by atoms with Gasteiger partial charge in [-0.15, -0.1) is 0 Å². The van der Waals surface area contributed by atoms with Crippen LogP contribution in [0.1, 0.15) is 10.4 Å². The van der Waals surface area contributed by atoms with E-state index >= 15 is 0 Å². The van der Waals surface area contributed by atoms with Crippen LogP contribution in [0, 0.1) is 0 Å². The topological polar surface area (TPSA) is 73.2 Å². The van der Waals surface area contributed by atoms with E-state index in [4.69, 9.17) is 4.74 Å². The van der Waals surface area contributed by atoms with Crippen LogP contribution >= 0.6 is 0 Å². The normalized spacial score (nSPS) is 10.5. The highest BCUT2D eigenvalue weighted by molar-refractivity contribution is 6.05. The highest BCUT2D eigenvalue weighted by Gasteiger charge is 2.16. The van der Waals surface area contributed by atoms with Crippen LogP contribution in [0.3, 0.4) is 0 Å². The van der Waals surface area contributed by atoms with Gasteiger partial charge in [-0.2, -0.15) is 0 Å². The zero-order valence-corrected chi connectivity index (χ0v) is 11.6. The van der Waals surface area contributed by atoms with Crippen molar-refractivity contribution in [3.05, 3.63) is 52.6 Å². The van der Waals surface area contributed by atoms with Gasteiger partial charge in [0.25, 0.3) is 17.9 Å². The molecule has 0 bridgehead atoms. The SMILES string of the molecule is Cn1cccc(NC(=O)c2cccnc2OCC(F)F)c1=O. The summed E-state index contributed by atoms with van der Waals surface area (Å²) in [5.74, 6) is -0.881. The molecule has 1 amide bonds. The lowest BCUT2D eigenvalue weighted by Gasteiger charge is -2.10. The number of anilines is 1. The Morgan fingerprint density at radius 1 is 1.41 bits per heavy atom. The lowest BCUT2D eigenvalue weighted by atomic mass is 10.2. The van der Waals surface area contributed by atoms with Gasteiger partial charge < -0.3 is 14.6 Å². The fraction of sp³-hybridized carbons (Fsp3) is 0.214. The number of aryl methyl sites for hydroxylation is 1. The summed E-state index contributed by atoms with van der Waals surface area (Å²) >= 11 is 0. The molecule has 6 nitrogen and oxygen atoms in total. The summed E-state index contributed by atoms with van der Waals surface area (Å²) in [5, 5.41) is 2.42. The second kappa shape index (κ2) is 6.79. The van der Waals surface area contributed by atoms with Crippen molar-refractivity contribution >= 4 is 11.6 Å². The first-order valence-corrected chi connectivity index (χ1v) is 6.32. The summed E-state index contributed by atoms with van der Waals surface area (Å²) in [4.78, 5) is 27.8. The fourth-order valence-electron chi connectivity index (χ4n) is 1.70. The molecule has 0 saturated carbocycles. The van der Waals surface area contributed by atoms with Gasteiger partial charge in [0.2, 0.25) is 5.88 Å². The number of rotatable bonds is 5. The van der Waals surface area contributed by atoms with Crippen LogP contribution in [-0.2, 0) is 7.05 Å². The Kier molecular flexibility index (Phi) is 4.82. The number of carbonyl (C=O) groups excluding carboxylic acids is 1. The van der Waals surface area contributed by atoms with Crippen molar-refractivity contribution in [3.63, 3.8) is 0 Å². The van der Waals surface area contributed by atoms with E-state index in [9.17, 15) is 18.4 Å². The number of amides is 1. The molecular weight excluding hydrogens is 296 g/mol. The van der Waals surface area contributed by atoms with Gasteiger partial charge in [-0.3, -0.25) is 9.59 Å². The number of nitrogens with one attached hydrogen (secondary N) is 1. The smallest absolute Gasteiger partial charge is 0.274 e. The quantitative estimate of drug-likeness (QED) is 0.912. The summed E-state index contributed by atoms with van der Waals surface area (Å²) in [6.07, 6.45) is 0.178. The fourth-order valence-corrected chi connectivity index (χ4v) is 1.70. The van der Waals surface area contributed by atoms with Crippen molar-refractivity contribution in [2.45, 2.75) is 6.43 Å². The molecule has 116 valence electrons. The van der Waals surface area contributed by atoms with E-state index in [0.29, 0.717) is 0 Å². The molecule has 0 aliphatic carbocycles. The molecule has 0 atom stereocenters. The van der Waals surface area contributed by atoms with E-state index in [-0.39, 0.29) is 17.1 Å². The molecule has 0 unspecified atom stereocenters. The van der Waals surface area contributed by atoms with Crippen molar-refractivity contribution in [2.24, 2.45) is 7.05 Å². The number of carbonyl (C=O) groups is 1. The Labute approximate surface area is 124 Å². The lowest BCUT2D eigenvalue weighted by molar-refractivity contribution is 0.0780. The highest BCUT2D eigenvalue weighted by atomic mass is 19.3. The second-order valence-electron chi connectivity index (χ2n) is 4.35. The summed E-state index contributed by atoms with van der Waals surface area (Å²) in [6.45, 7) is -0.871. The minimum absolute atomic E-state index is 0.0333. The second-order valence-corrected chi connectivity index (χ2v) is 4.35. The number of hydrogen-bond acceptors (Lipinski definition) is 4. The molecule has 2 rings (SSSR count). The number of hydrogen-bond donors (Lipinski definition) is 1. The number of nitrogens with zero attached hydrogens (tertiary/aromatic N) is 2. The summed E-state index contributed by atoms with van der Waals surface area (Å²) < 4.78 is 30.5. The van der Waals surface area contributed by atoms with Gasteiger partial charge in [0.1, 0.15) is 11.3 Å². The van der Waals surface area contributed by atoms with Crippen molar-refractivity contribution in [3.8, 4) is 5.88 Å². The molecule has 8 heteroatoms. The largest absolute Gasteiger partial charge is 0.471 e. The average Bonchev–Trinajstić information content (AvgIpc) is 2.50. The predicted molar refractivity (Wildman–Crippen MR) is 75.4 cm³/mol. The maximum Gasteiger partial charge on any atom is 0.274 e. The van der Waals surface area contributed by atoms with E-state index in [1.54, 1.807) is 19.3 Å². The third-order valence-electron chi connectivity index (χ3n) is 2.73. The first-order chi connectivity index (χ1) is 10.5. The van der Waals surface area contributed by atoms with Gasteiger partial charge in [0, 0.05) is 19.4 Å². The molecule has 2 aromatic heterocycles. The monoisotopic (exact) mass is 309 g/mol. The number of halogens is 2. The van der Waals surface area contributed by atoms with Crippen molar-refractivity contribution < 1.29 is 18.3 Å². The minimum atomic E-state index is -2.68. The van der Waals surface area contributed by atoms with Crippen LogP contribution in [0.5, 0.6) is 5.88 Å². The molecule has 2 heterocycles. The van der Waals surface area contributed by atoms with Gasteiger partial charge in [-0.25, -0.2) is 13.8 Å². The number of ether oxygens (including phenoxy) is 1. The molecule has 2 aromatic rings. The first-order valence-electron chi connectivity index (χ1n) is 6.32. The number of aromatic nitrogens is 2. The third kappa shape index (κ3) is 3.66. The molecule has 1 N–H and O–H groups in total. The van der Waals surface area contributed by atoms with E-state index < -0.39 is 24.5 Å². The Bertz CT molecular complexity index is 731. The first kappa shape index (κ1) is 15.6. The Morgan fingerprint density at radius 3 is 2.91 bits per heavy atom. The molecule has 0 aromatic carbocycles. The Hall–Kier alpha value is -2.77. The van der Waals surface area contributed by atoms with Gasteiger partial charge in [0.15, 0.2) is 6.61 Å². The Balaban J connectivity index is 2.23. The molecule has 0 radical (unpaired) electrons. The number of pyridine rings is 2. The highest BCUT2D eigenvalue weighted by Crippen LogP contribution is 2.16. The van der Waals surface area contributed by atoms with E-state index in [1.165, 1.54) is 29.0 Å².